The van der Waals surface area contributed by atoms with Gasteiger partial charge in [0.1, 0.15) is 24.2 Å². The Kier molecular flexibility index (Phi) is 7.23. The topological polar surface area (TPSA) is 166 Å². The molecule has 3 aromatic heterocycles. The van der Waals surface area contributed by atoms with Crippen molar-refractivity contribution in [1.82, 2.24) is 15.2 Å². The lowest BCUT2D eigenvalue weighted by Crippen LogP contribution is -2.71. The number of aliphatic carboxylic acids is 1. The number of fused-ring (bicyclic) bond motifs is 2. The molecule has 0 spiro atoms. The average molecular weight is 574 g/mol. The molecule has 4 N–H and O–H groups in total. The van der Waals surface area contributed by atoms with Gasteiger partial charge in [-0.05, 0) is 13.0 Å². The van der Waals surface area contributed by atoms with Crippen LogP contribution in [0.2, 0.25) is 0 Å². The quantitative estimate of drug-likeness (QED) is 0.139. The molecular weight excluding hydrogens is 550 g/mol. The summed E-state index contributed by atoms with van der Waals surface area (Å²) in [5, 5.41) is 26.2. The number of amides is 2. The van der Waals surface area contributed by atoms with Gasteiger partial charge in [-0.15, -0.1) is 23.1 Å². The number of nitrogens with zero attached hydrogens (tertiary/aromatic N) is 4. The molecule has 1 saturated heterocycles. The first kappa shape index (κ1) is 25.9. The van der Waals surface area contributed by atoms with Gasteiger partial charge in [0.05, 0.1) is 22.7 Å². The maximum atomic E-state index is 13.1. The van der Waals surface area contributed by atoms with Gasteiger partial charge in [0.15, 0.2) is 23.6 Å². The SMILES string of the molecule is CCNc1csc2c1ccc[n+]2CC1=C(C(=O)[O-])N2C(=O)C(NC(=O)/C(=N\OC)c3csc(N)n3)[C@H]2SC1. The van der Waals surface area contributed by atoms with Gasteiger partial charge in [0.25, 0.3) is 16.6 Å². The van der Waals surface area contributed by atoms with E-state index in [1.165, 1.54) is 23.8 Å². The summed E-state index contributed by atoms with van der Waals surface area (Å²) in [6.07, 6.45) is 1.88. The Morgan fingerprint density at radius 3 is 2.87 bits per heavy atom. The van der Waals surface area contributed by atoms with E-state index in [9.17, 15) is 19.5 Å². The van der Waals surface area contributed by atoms with E-state index >= 15 is 0 Å². The highest BCUT2D eigenvalue weighted by Gasteiger charge is 2.53. The van der Waals surface area contributed by atoms with Crippen molar-refractivity contribution in [3.05, 3.63) is 46.1 Å². The number of β-lactam (4-membered cyclic amide) rings is 1. The van der Waals surface area contributed by atoms with Crippen LogP contribution in [-0.2, 0) is 25.8 Å². The van der Waals surface area contributed by atoms with Gasteiger partial charge in [-0.1, -0.05) is 16.5 Å². The number of aromatic nitrogens is 2. The Morgan fingerprint density at radius 2 is 2.18 bits per heavy atom. The van der Waals surface area contributed by atoms with Crippen molar-refractivity contribution in [2.24, 2.45) is 5.16 Å². The number of thiazole rings is 1. The summed E-state index contributed by atoms with van der Waals surface area (Å²) in [7, 11) is 1.28. The van der Waals surface area contributed by atoms with Crippen molar-refractivity contribution in [2.45, 2.75) is 24.9 Å². The maximum Gasteiger partial charge on any atom is 0.276 e. The van der Waals surface area contributed by atoms with Crippen molar-refractivity contribution in [3.8, 4) is 0 Å². The van der Waals surface area contributed by atoms with Crippen LogP contribution in [0.4, 0.5) is 10.8 Å². The van der Waals surface area contributed by atoms with Crippen molar-refractivity contribution < 1.29 is 28.9 Å². The van der Waals surface area contributed by atoms with E-state index < -0.39 is 29.2 Å². The average Bonchev–Trinajstić information content (AvgIpc) is 3.52. The lowest BCUT2D eigenvalue weighted by molar-refractivity contribution is -0.661. The zero-order valence-corrected chi connectivity index (χ0v) is 22.7. The predicted molar refractivity (Wildman–Crippen MR) is 143 cm³/mol. The van der Waals surface area contributed by atoms with E-state index in [2.05, 4.69) is 20.8 Å². The first-order chi connectivity index (χ1) is 18.3. The molecule has 2 aliphatic rings. The zero-order valence-electron chi connectivity index (χ0n) is 20.3. The van der Waals surface area contributed by atoms with E-state index in [0.29, 0.717) is 11.3 Å². The number of nitrogen functional groups attached to an aromatic ring is 1. The molecule has 2 atom stereocenters. The highest BCUT2D eigenvalue weighted by molar-refractivity contribution is 8.00. The first-order valence-corrected chi connectivity index (χ1v) is 14.3. The van der Waals surface area contributed by atoms with Gasteiger partial charge < -0.3 is 31.1 Å². The minimum absolute atomic E-state index is 0.138. The fourth-order valence-corrected chi connectivity index (χ4v) is 7.29. The van der Waals surface area contributed by atoms with Crippen LogP contribution < -0.4 is 26.0 Å². The fourth-order valence-electron chi connectivity index (χ4n) is 4.40. The monoisotopic (exact) mass is 573 g/mol. The van der Waals surface area contributed by atoms with E-state index in [1.54, 1.807) is 16.7 Å². The second-order valence-corrected chi connectivity index (χ2v) is 11.2. The largest absolute Gasteiger partial charge is 0.543 e. The molecule has 0 bridgehead atoms. The number of rotatable bonds is 9. The van der Waals surface area contributed by atoms with Gasteiger partial charge >= 0.3 is 0 Å². The Bertz CT molecular complexity index is 1500. The number of nitrogens with two attached hydrogens (primary N) is 1. The normalized spacial score (nSPS) is 19.3. The minimum Gasteiger partial charge on any atom is -0.543 e. The zero-order chi connectivity index (χ0) is 27.0. The number of carboxylic acid groups (broad SMARTS) is 1. The maximum absolute atomic E-state index is 13.1. The van der Waals surface area contributed by atoms with Crippen LogP contribution in [0.1, 0.15) is 12.6 Å². The number of carbonyl (C=O) groups excluding carboxylic acids is 3. The summed E-state index contributed by atoms with van der Waals surface area (Å²) in [6, 6.07) is 2.97. The number of carboxylic acids is 1. The fraction of sp³-hybridized carbons (Fsp3) is 0.304. The molecule has 2 amide bonds. The Balaban J connectivity index is 1.38. The summed E-state index contributed by atoms with van der Waals surface area (Å²) < 4.78 is 1.97. The molecule has 0 radical (unpaired) electrons. The smallest absolute Gasteiger partial charge is 0.276 e. The van der Waals surface area contributed by atoms with Gasteiger partial charge in [-0.2, -0.15) is 4.57 Å². The predicted octanol–water partition coefficient (Wildman–Crippen LogP) is 0.114. The van der Waals surface area contributed by atoms with Gasteiger partial charge in [0.2, 0.25) is 0 Å². The van der Waals surface area contributed by atoms with E-state index in [1.807, 2.05) is 35.2 Å². The number of pyridine rings is 1. The molecule has 0 aromatic carbocycles. The van der Waals surface area contributed by atoms with Crippen LogP contribution in [0.15, 0.2) is 45.5 Å². The van der Waals surface area contributed by atoms with Crippen LogP contribution in [0.3, 0.4) is 0 Å². The number of carbonyl (C=O) groups is 3. The number of oxime groups is 1. The molecule has 38 heavy (non-hydrogen) atoms. The second kappa shape index (κ2) is 10.6. The molecule has 12 nitrogen and oxygen atoms in total. The Morgan fingerprint density at radius 1 is 1.37 bits per heavy atom. The number of nitrogens with one attached hydrogen (secondary N) is 2. The van der Waals surface area contributed by atoms with Crippen LogP contribution >= 0.6 is 34.4 Å². The van der Waals surface area contributed by atoms with E-state index in [0.717, 1.165) is 33.8 Å². The van der Waals surface area contributed by atoms with Crippen LogP contribution in [0, 0.1) is 0 Å². The molecule has 3 aromatic rings. The summed E-state index contributed by atoms with van der Waals surface area (Å²) in [5.41, 5.74) is 7.15. The Hall–Kier alpha value is -3.69. The van der Waals surface area contributed by atoms with Crippen molar-refractivity contribution in [2.75, 3.05) is 30.5 Å². The molecule has 1 fully saturated rings. The number of thiophene rings is 1. The molecular formula is C23H23N7O5S3. The molecule has 198 valence electrons. The van der Waals surface area contributed by atoms with Gasteiger partial charge in [0, 0.05) is 34.7 Å². The second-order valence-electron chi connectivity index (χ2n) is 8.33. The number of anilines is 2. The number of hydrogen-bond donors (Lipinski definition) is 3. The molecule has 1 unspecified atom stereocenters. The molecule has 5 heterocycles. The molecule has 0 aliphatic carbocycles. The molecule has 5 rings (SSSR count). The Labute approximate surface area is 229 Å². The van der Waals surface area contributed by atoms with Crippen LogP contribution in [0.5, 0.6) is 0 Å². The van der Waals surface area contributed by atoms with Crippen molar-refractivity contribution in [1.29, 1.82) is 0 Å². The van der Waals surface area contributed by atoms with Gasteiger partial charge in [-0.25, -0.2) is 4.98 Å². The third-order valence-corrected chi connectivity index (χ3v) is 9.06. The third-order valence-electron chi connectivity index (χ3n) is 6.02. The molecule has 2 aliphatic heterocycles. The molecule has 15 heteroatoms. The molecule has 0 saturated carbocycles. The minimum atomic E-state index is -1.43. The summed E-state index contributed by atoms with van der Waals surface area (Å²) in [6.45, 7) is 3.08. The lowest BCUT2D eigenvalue weighted by atomic mass is 10.0. The van der Waals surface area contributed by atoms with E-state index in [-0.39, 0.29) is 28.8 Å². The number of thioether (sulfide) groups is 1. The third kappa shape index (κ3) is 4.56. The first-order valence-electron chi connectivity index (χ1n) is 11.5. The van der Waals surface area contributed by atoms with Crippen molar-refractivity contribution in [3.63, 3.8) is 0 Å². The lowest BCUT2D eigenvalue weighted by Gasteiger charge is -2.50. The summed E-state index contributed by atoms with van der Waals surface area (Å²) >= 11 is 4.06. The summed E-state index contributed by atoms with van der Waals surface area (Å²) in [5.74, 6) is -2.32. The number of hydrogen-bond acceptors (Lipinski definition) is 12. The van der Waals surface area contributed by atoms with Crippen LogP contribution in [0.25, 0.3) is 10.2 Å². The van der Waals surface area contributed by atoms with Gasteiger partial charge in [-0.3, -0.25) is 14.5 Å². The van der Waals surface area contributed by atoms with Crippen molar-refractivity contribution >= 4 is 79.0 Å². The van der Waals surface area contributed by atoms with Crippen LogP contribution in [-0.4, -0.2) is 64.2 Å². The van der Waals surface area contributed by atoms with E-state index in [4.69, 9.17) is 10.6 Å². The highest BCUT2D eigenvalue weighted by atomic mass is 32.2. The highest BCUT2D eigenvalue weighted by Crippen LogP contribution is 2.40. The standard InChI is InChI=1S/C23H23N7O5S3/c1-3-25-13-9-37-20-12(13)5-4-6-29(20)7-11-8-36-21-16(19(32)30(21)17(11)22(33)34)27-18(31)15(28-35-2)14-10-38-23(24)26-14/h4-6,9-10,16,21,25H,3,7-8H2,1-2H3,(H3-,24,26,27,31,33,34)/b28-15-/t16?,21-/m1/s1. The summed E-state index contributed by atoms with van der Waals surface area (Å²) in [4.78, 5) is 49.3.